The number of aryl methyl sites for hydroxylation is 1. The molecule has 1 saturated carbocycles. The van der Waals surface area contributed by atoms with Crippen molar-refractivity contribution in [2.45, 2.75) is 50.6 Å². The number of hydrogen-bond acceptors (Lipinski definition) is 4. The van der Waals surface area contributed by atoms with Crippen LogP contribution in [-0.4, -0.2) is 28.1 Å². The summed E-state index contributed by atoms with van der Waals surface area (Å²) in [6.07, 6.45) is 8.31. The van der Waals surface area contributed by atoms with Crippen LogP contribution in [-0.2, 0) is 0 Å². The Morgan fingerprint density at radius 2 is 2.35 bits per heavy atom. The van der Waals surface area contributed by atoms with E-state index >= 15 is 0 Å². The first-order valence-corrected chi connectivity index (χ1v) is 6.57. The highest BCUT2D eigenvalue weighted by Gasteiger charge is 2.40. The minimum absolute atomic E-state index is 0.442. The molecule has 2 aliphatic rings. The van der Waals surface area contributed by atoms with E-state index in [-0.39, 0.29) is 0 Å². The van der Waals surface area contributed by atoms with Crippen LogP contribution in [0.25, 0.3) is 0 Å². The average molecular weight is 232 g/mol. The van der Waals surface area contributed by atoms with Gasteiger partial charge in [-0.2, -0.15) is 0 Å². The van der Waals surface area contributed by atoms with Crippen molar-refractivity contribution in [3.05, 3.63) is 18.1 Å². The van der Waals surface area contributed by atoms with E-state index in [4.69, 9.17) is 0 Å². The van der Waals surface area contributed by atoms with Crippen molar-refractivity contribution >= 4 is 5.82 Å². The van der Waals surface area contributed by atoms with Gasteiger partial charge in [-0.25, -0.2) is 9.97 Å². The summed E-state index contributed by atoms with van der Waals surface area (Å²) in [6, 6.07) is 2.52. The number of nitrogens with one attached hydrogen (secondary N) is 2. The van der Waals surface area contributed by atoms with Crippen LogP contribution in [0, 0.1) is 6.92 Å². The lowest BCUT2D eigenvalue weighted by Crippen LogP contribution is -2.58. The number of aromatic nitrogens is 2. The van der Waals surface area contributed by atoms with Crippen LogP contribution in [0.1, 0.15) is 37.9 Å². The van der Waals surface area contributed by atoms with Gasteiger partial charge in [0.2, 0.25) is 0 Å². The first-order valence-electron chi connectivity index (χ1n) is 6.57. The fourth-order valence-electron chi connectivity index (χ4n) is 3.01. The largest absolute Gasteiger partial charge is 0.367 e. The maximum absolute atomic E-state index is 4.42. The van der Waals surface area contributed by atoms with Gasteiger partial charge in [-0.05, 0) is 51.6 Å². The Morgan fingerprint density at radius 1 is 1.47 bits per heavy atom. The maximum atomic E-state index is 4.42. The molecule has 1 unspecified atom stereocenters. The molecule has 4 nitrogen and oxygen atoms in total. The molecule has 1 saturated heterocycles. The molecular weight excluding hydrogens is 212 g/mol. The van der Waals surface area contributed by atoms with Crippen LogP contribution in [0.2, 0.25) is 0 Å². The molecule has 1 aliphatic heterocycles. The first-order chi connectivity index (χ1) is 8.26. The van der Waals surface area contributed by atoms with Crippen molar-refractivity contribution in [1.82, 2.24) is 15.3 Å². The van der Waals surface area contributed by atoms with Gasteiger partial charge in [0.25, 0.3) is 0 Å². The van der Waals surface area contributed by atoms with Gasteiger partial charge in [-0.3, -0.25) is 0 Å². The Kier molecular flexibility index (Phi) is 2.74. The summed E-state index contributed by atoms with van der Waals surface area (Å²) < 4.78 is 0. The quantitative estimate of drug-likeness (QED) is 0.817. The highest BCUT2D eigenvalue weighted by Crippen LogP contribution is 2.38. The van der Waals surface area contributed by atoms with Crippen LogP contribution < -0.4 is 10.6 Å². The molecule has 1 atom stereocenters. The van der Waals surface area contributed by atoms with Gasteiger partial charge in [0.15, 0.2) is 0 Å². The fraction of sp³-hybridized carbons (Fsp3) is 0.692. The number of hydrogen-bond donors (Lipinski definition) is 2. The molecule has 0 bridgehead atoms. The highest BCUT2D eigenvalue weighted by molar-refractivity contribution is 5.34. The second kappa shape index (κ2) is 4.26. The highest BCUT2D eigenvalue weighted by atomic mass is 15.1. The minimum atomic E-state index is 0.442. The zero-order valence-corrected chi connectivity index (χ0v) is 10.4. The van der Waals surface area contributed by atoms with E-state index in [1.165, 1.54) is 32.1 Å². The fourth-order valence-corrected chi connectivity index (χ4v) is 3.01. The van der Waals surface area contributed by atoms with E-state index in [2.05, 4.69) is 20.6 Å². The number of anilines is 1. The topological polar surface area (TPSA) is 49.8 Å². The molecule has 1 aromatic rings. The first kappa shape index (κ1) is 11.0. The number of nitrogens with zero attached hydrogens (tertiary/aromatic N) is 2. The monoisotopic (exact) mass is 232 g/mol. The Morgan fingerprint density at radius 3 is 3.06 bits per heavy atom. The Labute approximate surface area is 102 Å². The van der Waals surface area contributed by atoms with E-state index in [9.17, 15) is 0 Å². The van der Waals surface area contributed by atoms with Gasteiger partial charge < -0.3 is 10.6 Å². The predicted molar refractivity (Wildman–Crippen MR) is 68.0 cm³/mol. The number of rotatable bonds is 2. The summed E-state index contributed by atoms with van der Waals surface area (Å²) in [5, 5.41) is 7.24. The van der Waals surface area contributed by atoms with Crippen molar-refractivity contribution in [1.29, 1.82) is 0 Å². The van der Waals surface area contributed by atoms with Crippen molar-refractivity contribution < 1.29 is 0 Å². The molecule has 0 aromatic carbocycles. The molecule has 2 N–H and O–H groups in total. The molecule has 2 fully saturated rings. The Hall–Kier alpha value is -1.16. The summed E-state index contributed by atoms with van der Waals surface area (Å²) in [7, 11) is 0. The SMILES string of the molecule is Cc1nccc(NC2CCNC3(CCC3)C2)n1. The molecule has 1 aromatic heterocycles. The lowest BCUT2D eigenvalue weighted by atomic mass is 9.70. The van der Waals surface area contributed by atoms with Gasteiger partial charge in [0, 0.05) is 17.8 Å². The van der Waals surface area contributed by atoms with E-state index in [0.29, 0.717) is 11.6 Å². The van der Waals surface area contributed by atoms with Gasteiger partial charge in [-0.1, -0.05) is 0 Å². The summed E-state index contributed by atoms with van der Waals surface area (Å²) in [5.74, 6) is 1.81. The van der Waals surface area contributed by atoms with Crippen molar-refractivity contribution in [3.63, 3.8) is 0 Å². The molecular formula is C13H20N4. The minimum Gasteiger partial charge on any atom is -0.367 e. The van der Waals surface area contributed by atoms with Crippen molar-refractivity contribution in [2.24, 2.45) is 0 Å². The molecule has 17 heavy (non-hydrogen) atoms. The molecule has 3 rings (SSSR count). The van der Waals surface area contributed by atoms with E-state index in [1.54, 1.807) is 0 Å². The van der Waals surface area contributed by atoms with E-state index < -0.39 is 0 Å². The Bertz CT molecular complexity index is 400. The van der Waals surface area contributed by atoms with Crippen LogP contribution >= 0.6 is 0 Å². The average Bonchev–Trinajstić information content (AvgIpc) is 2.27. The molecule has 0 radical (unpaired) electrons. The summed E-state index contributed by atoms with van der Waals surface area (Å²) in [5.41, 5.74) is 0.442. The second-order valence-corrected chi connectivity index (χ2v) is 5.38. The maximum Gasteiger partial charge on any atom is 0.129 e. The summed E-state index contributed by atoms with van der Waals surface area (Å²) in [4.78, 5) is 8.54. The summed E-state index contributed by atoms with van der Waals surface area (Å²) in [6.45, 7) is 3.06. The van der Waals surface area contributed by atoms with Gasteiger partial charge in [0.05, 0.1) is 0 Å². The second-order valence-electron chi connectivity index (χ2n) is 5.38. The summed E-state index contributed by atoms with van der Waals surface area (Å²) >= 11 is 0. The van der Waals surface area contributed by atoms with Crippen LogP contribution in [0.3, 0.4) is 0 Å². The third-order valence-electron chi connectivity index (χ3n) is 4.07. The number of piperidine rings is 1. The predicted octanol–water partition coefficient (Wildman–Crippen LogP) is 1.87. The normalized spacial score (nSPS) is 26.5. The van der Waals surface area contributed by atoms with Gasteiger partial charge in [0.1, 0.15) is 11.6 Å². The lowest BCUT2D eigenvalue weighted by molar-refractivity contribution is 0.135. The third-order valence-corrected chi connectivity index (χ3v) is 4.07. The standard InChI is InChI=1S/C13H20N4/c1-10-14-7-4-12(16-10)17-11-3-8-15-13(9-11)5-2-6-13/h4,7,11,15H,2-3,5-6,8-9H2,1H3,(H,14,16,17). The van der Waals surface area contributed by atoms with Gasteiger partial charge >= 0.3 is 0 Å². The molecule has 92 valence electrons. The molecule has 1 aliphatic carbocycles. The third kappa shape index (κ3) is 2.27. The smallest absolute Gasteiger partial charge is 0.129 e. The zero-order chi connectivity index (χ0) is 11.7. The van der Waals surface area contributed by atoms with Crippen molar-refractivity contribution in [3.8, 4) is 0 Å². The van der Waals surface area contributed by atoms with E-state index in [0.717, 1.165) is 18.2 Å². The molecule has 4 heteroatoms. The lowest BCUT2D eigenvalue weighted by Gasteiger charge is -2.48. The van der Waals surface area contributed by atoms with Crippen LogP contribution in [0.5, 0.6) is 0 Å². The molecule has 0 amide bonds. The molecule has 1 spiro atoms. The van der Waals surface area contributed by atoms with Crippen molar-refractivity contribution in [2.75, 3.05) is 11.9 Å². The van der Waals surface area contributed by atoms with Crippen LogP contribution in [0.15, 0.2) is 12.3 Å². The Balaban J connectivity index is 1.65. The molecule has 2 heterocycles. The zero-order valence-electron chi connectivity index (χ0n) is 10.4. The van der Waals surface area contributed by atoms with Gasteiger partial charge in [-0.15, -0.1) is 0 Å². The van der Waals surface area contributed by atoms with Crippen LogP contribution in [0.4, 0.5) is 5.82 Å². The van der Waals surface area contributed by atoms with E-state index in [1.807, 2.05) is 19.2 Å².